The Morgan fingerprint density at radius 3 is 2.30 bits per heavy atom. The van der Waals surface area contributed by atoms with Crippen molar-refractivity contribution in [2.24, 2.45) is 0 Å². The second-order valence-corrected chi connectivity index (χ2v) is 7.57. The Bertz CT molecular complexity index is 1500. The molecule has 0 radical (unpaired) electrons. The fourth-order valence-electron chi connectivity index (χ4n) is 3.27. The van der Waals surface area contributed by atoms with Gasteiger partial charge in [-0.1, -0.05) is 24.3 Å². The zero-order valence-corrected chi connectivity index (χ0v) is 16.3. The lowest BCUT2D eigenvalue weighted by molar-refractivity contribution is 0.108. The van der Waals surface area contributed by atoms with Gasteiger partial charge in [-0.2, -0.15) is 0 Å². The molecule has 146 valence electrons. The van der Waals surface area contributed by atoms with Crippen LogP contribution in [-0.2, 0) is 0 Å². The number of aromatic amines is 2. The first kappa shape index (κ1) is 18.1. The third-order valence-electron chi connectivity index (χ3n) is 4.72. The zero-order chi connectivity index (χ0) is 20.7. The van der Waals surface area contributed by atoms with E-state index in [9.17, 15) is 14.4 Å². The molecule has 0 aliphatic heterocycles. The molecule has 0 amide bonds. The number of carbonyl (C=O) groups excluding carboxylic acids is 1. The standard InChI is InChI=1S/C22H14N4O3S/c27-19-15-5-1-2-6-16(15)25-22(29)26(19)14-11-9-13(10-12-14)20(28)30-21-23-17-7-3-4-8-18(17)24-21/h1-12H,(H,23,24)(H,25,29). The van der Waals surface area contributed by atoms with Crippen LogP contribution in [0.1, 0.15) is 10.4 Å². The van der Waals surface area contributed by atoms with Gasteiger partial charge in [0.05, 0.1) is 27.6 Å². The Morgan fingerprint density at radius 2 is 1.53 bits per heavy atom. The lowest BCUT2D eigenvalue weighted by Gasteiger charge is -2.07. The maximum atomic E-state index is 12.8. The highest BCUT2D eigenvalue weighted by molar-refractivity contribution is 8.14. The maximum Gasteiger partial charge on any atom is 0.333 e. The van der Waals surface area contributed by atoms with Crippen LogP contribution in [0.5, 0.6) is 0 Å². The Hall–Kier alpha value is -3.91. The summed E-state index contributed by atoms with van der Waals surface area (Å²) < 4.78 is 1.06. The predicted molar refractivity (Wildman–Crippen MR) is 116 cm³/mol. The molecule has 0 atom stereocenters. The van der Waals surface area contributed by atoms with E-state index >= 15 is 0 Å². The van der Waals surface area contributed by atoms with Gasteiger partial charge in [-0.25, -0.2) is 14.3 Å². The highest BCUT2D eigenvalue weighted by Gasteiger charge is 2.13. The summed E-state index contributed by atoms with van der Waals surface area (Å²) in [6.45, 7) is 0. The minimum absolute atomic E-state index is 0.194. The number of hydrogen-bond acceptors (Lipinski definition) is 5. The van der Waals surface area contributed by atoms with Crippen molar-refractivity contribution in [3.8, 4) is 5.69 Å². The van der Waals surface area contributed by atoms with Gasteiger partial charge < -0.3 is 9.97 Å². The van der Waals surface area contributed by atoms with Crippen LogP contribution in [0.25, 0.3) is 27.6 Å². The van der Waals surface area contributed by atoms with Crippen LogP contribution in [0.3, 0.4) is 0 Å². The van der Waals surface area contributed by atoms with Gasteiger partial charge in [0.2, 0.25) is 5.12 Å². The molecule has 2 N–H and O–H groups in total. The quantitative estimate of drug-likeness (QED) is 0.440. The SMILES string of the molecule is O=C(Sc1nc2ccccc2[nH]1)c1ccc(-n2c(=O)[nH]c3ccccc3c2=O)cc1. The molecule has 5 aromatic rings. The number of thioether (sulfide) groups is 1. The number of carbonyl (C=O) groups is 1. The summed E-state index contributed by atoms with van der Waals surface area (Å²) in [6, 6.07) is 20.7. The van der Waals surface area contributed by atoms with Crippen LogP contribution >= 0.6 is 11.8 Å². The molecular weight excluding hydrogens is 400 g/mol. The third-order valence-corrected chi connectivity index (χ3v) is 5.53. The molecule has 0 saturated carbocycles. The Balaban J connectivity index is 1.45. The van der Waals surface area contributed by atoms with E-state index in [0.717, 1.165) is 27.4 Å². The summed E-state index contributed by atoms with van der Waals surface area (Å²) in [7, 11) is 0. The smallest absolute Gasteiger partial charge is 0.333 e. The van der Waals surface area contributed by atoms with Crippen molar-refractivity contribution >= 4 is 38.8 Å². The first-order chi connectivity index (χ1) is 14.6. The lowest BCUT2D eigenvalue weighted by atomic mass is 10.2. The van der Waals surface area contributed by atoms with Crippen LogP contribution in [-0.4, -0.2) is 24.6 Å². The maximum absolute atomic E-state index is 12.8. The van der Waals surface area contributed by atoms with Crippen molar-refractivity contribution in [3.05, 3.63) is 99.2 Å². The van der Waals surface area contributed by atoms with E-state index in [1.807, 2.05) is 24.3 Å². The normalized spacial score (nSPS) is 11.2. The molecule has 30 heavy (non-hydrogen) atoms. The number of nitrogens with zero attached hydrogens (tertiary/aromatic N) is 2. The summed E-state index contributed by atoms with van der Waals surface area (Å²) in [5.74, 6) is 0. The molecule has 2 heterocycles. The van der Waals surface area contributed by atoms with E-state index in [1.54, 1.807) is 48.5 Å². The van der Waals surface area contributed by atoms with Crippen LogP contribution in [0.4, 0.5) is 0 Å². The first-order valence-electron chi connectivity index (χ1n) is 9.11. The lowest BCUT2D eigenvalue weighted by Crippen LogP contribution is -2.33. The van der Waals surface area contributed by atoms with Crippen molar-refractivity contribution < 1.29 is 4.79 Å². The van der Waals surface area contributed by atoms with Gasteiger partial charge in [-0.3, -0.25) is 9.59 Å². The highest BCUT2D eigenvalue weighted by Crippen LogP contribution is 2.23. The van der Waals surface area contributed by atoms with Crippen molar-refractivity contribution in [1.82, 2.24) is 19.5 Å². The van der Waals surface area contributed by atoms with E-state index in [4.69, 9.17) is 0 Å². The van der Waals surface area contributed by atoms with Gasteiger partial charge in [0.1, 0.15) is 0 Å². The minimum Gasteiger partial charge on any atom is -0.333 e. The van der Waals surface area contributed by atoms with Gasteiger partial charge in [0, 0.05) is 5.56 Å². The second kappa shape index (κ2) is 7.16. The van der Waals surface area contributed by atoms with Gasteiger partial charge >= 0.3 is 5.69 Å². The number of benzene rings is 3. The van der Waals surface area contributed by atoms with Gasteiger partial charge in [-0.05, 0) is 60.3 Å². The minimum atomic E-state index is -0.533. The Labute approximate surface area is 173 Å². The van der Waals surface area contributed by atoms with Crippen LogP contribution in [0, 0.1) is 0 Å². The van der Waals surface area contributed by atoms with E-state index < -0.39 is 11.2 Å². The number of rotatable bonds is 3. The van der Waals surface area contributed by atoms with E-state index in [0.29, 0.717) is 27.3 Å². The number of H-pyrrole nitrogens is 2. The number of hydrogen-bond donors (Lipinski definition) is 2. The van der Waals surface area contributed by atoms with E-state index in [1.165, 1.54) is 0 Å². The summed E-state index contributed by atoms with van der Waals surface area (Å²) in [5, 5.41) is 0.727. The van der Waals surface area contributed by atoms with Gasteiger partial charge in [0.15, 0.2) is 5.16 Å². The van der Waals surface area contributed by atoms with E-state index in [2.05, 4.69) is 15.0 Å². The molecule has 0 aliphatic rings. The van der Waals surface area contributed by atoms with E-state index in [-0.39, 0.29) is 5.12 Å². The van der Waals surface area contributed by atoms with Crippen molar-refractivity contribution in [1.29, 1.82) is 0 Å². The molecule has 7 nitrogen and oxygen atoms in total. The van der Waals surface area contributed by atoms with Crippen molar-refractivity contribution in [2.75, 3.05) is 0 Å². The number of nitrogens with one attached hydrogen (secondary N) is 2. The molecule has 0 fully saturated rings. The average Bonchev–Trinajstić information content (AvgIpc) is 3.16. The molecule has 2 aromatic heterocycles. The molecule has 5 rings (SSSR count). The average molecular weight is 414 g/mol. The van der Waals surface area contributed by atoms with Gasteiger partial charge in [0.25, 0.3) is 5.56 Å². The molecule has 8 heteroatoms. The number of imidazole rings is 1. The monoisotopic (exact) mass is 414 g/mol. The number of para-hydroxylation sites is 3. The number of aromatic nitrogens is 4. The van der Waals surface area contributed by atoms with Crippen LogP contribution in [0.15, 0.2) is 87.5 Å². The molecule has 0 bridgehead atoms. The molecule has 0 saturated heterocycles. The molecular formula is C22H14N4O3S. The molecule has 3 aromatic carbocycles. The fraction of sp³-hybridized carbons (Fsp3) is 0. The second-order valence-electron chi connectivity index (χ2n) is 6.61. The summed E-state index contributed by atoms with van der Waals surface area (Å²) in [5.41, 5.74) is 2.01. The summed E-state index contributed by atoms with van der Waals surface area (Å²) in [6.07, 6.45) is 0. The predicted octanol–water partition coefficient (Wildman–Crippen LogP) is 3.49. The fourth-order valence-corrected chi connectivity index (χ4v) is 4.00. The first-order valence-corrected chi connectivity index (χ1v) is 9.93. The molecule has 0 aliphatic carbocycles. The Kier molecular flexibility index (Phi) is 4.33. The van der Waals surface area contributed by atoms with Crippen molar-refractivity contribution in [3.63, 3.8) is 0 Å². The van der Waals surface area contributed by atoms with Crippen LogP contribution in [0.2, 0.25) is 0 Å². The number of fused-ring (bicyclic) bond motifs is 2. The Morgan fingerprint density at radius 1 is 0.833 bits per heavy atom. The third kappa shape index (κ3) is 3.13. The van der Waals surface area contributed by atoms with Gasteiger partial charge in [-0.15, -0.1) is 0 Å². The highest BCUT2D eigenvalue weighted by atomic mass is 32.2. The molecule has 0 unspecified atom stereocenters. The topological polar surface area (TPSA) is 101 Å². The largest absolute Gasteiger partial charge is 0.333 e. The summed E-state index contributed by atoms with van der Waals surface area (Å²) >= 11 is 0.990. The zero-order valence-electron chi connectivity index (χ0n) is 15.5. The molecule has 0 spiro atoms. The summed E-state index contributed by atoms with van der Waals surface area (Å²) in [4.78, 5) is 48.0. The van der Waals surface area contributed by atoms with Crippen LogP contribution < -0.4 is 11.2 Å². The van der Waals surface area contributed by atoms with Crippen molar-refractivity contribution in [2.45, 2.75) is 5.16 Å².